The van der Waals surface area contributed by atoms with E-state index < -0.39 is 17.5 Å². The number of hydrogen-bond donors (Lipinski definition) is 7. The van der Waals surface area contributed by atoms with Crippen molar-refractivity contribution in [1.29, 1.82) is 0 Å². The molecule has 170 valence electrons. The third-order valence-electron chi connectivity index (χ3n) is 5.40. The molecule has 0 heterocycles. The molecule has 0 aromatic heterocycles. The molecule has 0 radical (unpaired) electrons. The highest BCUT2D eigenvalue weighted by molar-refractivity contribution is 4.84. The molecule has 8 nitrogen and oxygen atoms in total. The lowest BCUT2D eigenvalue weighted by Crippen LogP contribution is -2.39. The summed E-state index contributed by atoms with van der Waals surface area (Å²) < 4.78 is 6.12. The molecule has 0 aromatic rings. The van der Waals surface area contributed by atoms with Crippen molar-refractivity contribution < 1.29 is 20.1 Å². The summed E-state index contributed by atoms with van der Waals surface area (Å²) in [6, 6.07) is 0. The average Bonchev–Trinajstić information content (AvgIpc) is 2.70. The number of hydrogen-bond acceptors (Lipinski definition) is 8. The van der Waals surface area contributed by atoms with Crippen LogP contribution in [0.1, 0.15) is 77.0 Å². The first-order chi connectivity index (χ1) is 13.4. The lowest BCUT2D eigenvalue weighted by molar-refractivity contribution is -0.203. The first kappa shape index (κ1) is 27.7. The maximum atomic E-state index is 10.9. The molecule has 0 saturated carbocycles. The minimum absolute atomic E-state index is 0.0738. The molecule has 8 heteroatoms. The van der Waals surface area contributed by atoms with E-state index in [1.54, 1.807) is 0 Å². The molecule has 0 fully saturated rings. The average molecular weight is 407 g/mol. The molecule has 1 unspecified atom stereocenters. The molecule has 1 atom stereocenters. The Kier molecular flexibility index (Phi) is 16.3. The monoisotopic (exact) mass is 406 g/mol. The van der Waals surface area contributed by atoms with Gasteiger partial charge in [-0.2, -0.15) is 0 Å². The van der Waals surface area contributed by atoms with Crippen LogP contribution in [0.15, 0.2) is 0 Å². The van der Waals surface area contributed by atoms with Crippen LogP contribution in [0.3, 0.4) is 0 Å². The van der Waals surface area contributed by atoms with Gasteiger partial charge in [-0.05, 0) is 96.8 Å². The second-order valence-electron chi connectivity index (χ2n) is 7.91. The van der Waals surface area contributed by atoms with Crippen LogP contribution in [0.2, 0.25) is 0 Å². The van der Waals surface area contributed by atoms with Gasteiger partial charge in [-0.15, -0.1) is 0 Å². The van der Waals surface area contributed by atoms with Gasteiger partial charge in [0.25, 0.3) is 0 Å². The fourth-order valence-electron chi connectivity index (χ4n) is 3.78. The first-order valence-corrected chi connectivity index (χ1v) is 10.9. The van der Waals surface area contributed by atoms with Crippen molar-refractivity contribution in [2.75, 3.05) is 32.8 Å². The number of ether oxygens (including phenoxy) is 1. The number of aliphatic hydroxyl groups excluding tert-OH is 2. The zero-order chi connectivity index (χ0) is 21.3. The summed E-state index contributed by atoms with van der Waals surface area (Å²) in [7, 11) is 0. The molecule has 0 aliphatic rings. The molecule has 11 N–H and O–H groups in total. The first-order valence-electron chi connectivity index (χ1n) is 10.9. The van der Waals surface area contributed by atoms with E-state index >= 15 is 0 Å². The molecule has 0 bridgehead atoms. The SMILES string of the molecule is NCCCC(O)(CCCN)CCC(O)OC(CCCN)(CCCN)CCCO. The quantitative estimate of drug-likeness (QED) is 0.141. The van der Waals surface area contributed by atoms with Gasteiger partial charge in [-0.1, -0.05) is 0 Å². The topological polar surface area (TPSA) is 174 Å². The second-order valence-corrected chi connectivity index (χ2v) is 7.91. The van der Waals surface area contributed by atoms with Crippen LogP contribution in [0, 0.1) is 0 Å². The summed E-state index contributed by atoms with van der Waals surface area (Å²) in [6.07, 6.45) is 6.63. The van der Waals surface area contributed by atoms with Crippen LogP contribution in [0.5, 0.6) is 0 Å². The molecule has 0 rings (SSSR count). The Bertz CT molecular complexity index is 331. The minimum atomic E-state index is -0.989. The Morgan fingerprint density at radius 2 is 1.11 bits per heavy atom. The van der Waals surface area contributed by atoms with E-state index in [0.29, 0.717) is 77.5 Å². The van der Waals surface area contributed by atoms with Crippen LogP contribution in [0.25, 0.3) is 0 Å². The standard InChI is InChI=1S/C20H46N4O4/c21-13-1-7-19(27,8-2-14-22)12-6-18(26)28-20(9-3-15-23,10-4-16-24)11-5-17-25/h18,25-27H,1-17,21-24H2. The lowest BCUT2D eigenvalue weighted by atomic mass is 9.86. The Hall–Kier alpha value is -0.320. The predicted octanol–water partition coefficient (Wildman–Crippen LogP) is 0.300. The van der Waals surface area contributed by atoms with Gasteiger partial charge in [0.15, 0.2) is 6.29 Å². The van der Waals surface area contributed by atoms with E-state index in [0.717, 1.165) is 25.7 Å². The second kappa shape index (κ2) is 16.5. The number of rotatable bonds is 20. The van der Waals surface area contributed by atoms with Gasteiger partial charge in [0.2, 0.25) is 0 Å². The molecular weight excluding hydrogens is 360 g/mol. The van der Waals surface area contributed by atoms with Gasteiger partial charge in [0.05, 0.1) is 11.2 Å². The van der Waals surface area contributed by atoms with E-state index in [9.17, 15) is 15.3 Å². The van der Waals surface area contributed by atoms with Gasteiger partial charge in [0.1, 0.15) is 0 Å². The van der Waals surface area contributed by atoms with E-state index in [-0.39, 0.29) is 6.61 Å². The summed E-state index contributed by atoms with van der Waals surface area (Å²) in [6.45, 7) is 2.20. The van der Waals surface area contributed by atoms with Crippen LogP contribution in [-0.4, -0.2) is 65.6 Å². The minimum Gasteiger partial charge on any atom is -0.396 e. The van der Waals surface area contributed by atoms with Gasteiger partial charge in [0, 0.05) is 13.0 Å². The highest BCUT2D eigenvalue weighted by Gasteiger charge is 2.33. The molecular formula is C20H46N4O4. The Morgan fingerprint density at radius 3 is 1.54 bits per heavy atom. The predicted molar refractivity (Wildman–Crippen MR) is 113 cm³/mol. The van der Waals surface area contributed by atoms with Crippen LogP contribution < -0.4 is 22.9 Å². The summed E-state index contributed by atoms with van der Waals surface area (Å²) in [5.41, 5.74) is 21.1. The van der Waals surface area contributed by atoms with Crippen LogP contribution >= 0.6 is 0 Å². The van der Waals surface area contributed by atoms with E-state index in [4.69, 9.17) is 27.7 Å². The van der Waals surface area contributed by atoms with Crippen molar-refractivity contribution in [3.63, 3.8) is 0 Å². The van der Waals surface area contributed by atoms with Crippen molar-refractivity contribution in [3.8, 4) is 0 Å². The summed E-state index contributed by atoms with van der Waals surface area (Å²) in [5, 5.41) is 30.8. The smallest absolute Gasteiger partial charge is 0.155 e. The maximum absolute atomic E-state index is 10.9. The van der Waals surface area contributed by atoms with Gasteiger partial charge in [-0.3, -0.25) is 0 Å². The van der Waals surface area contributed by atoms with Crippen LogP contribution in [0.4, 0.5) is 0 Å². The fraction of sp³-hybridized carbons (Fsp3) is 1.00. The summed E-state index contributed by atoms with van der Waals surface area (Å²) in [4.78, 5) is 0. The van der Waals surface area contributed by atoms with Crippen molar-refractivity contribution >= 4 is 0 Å². The molecule has 0 amide bonds. The highest BCUT2D eigenvalue weighted by Crippen LogP contribution is 2.33. The summed E-state index contributed by atoms with van der Waals surface area (Å²) >= 11 is 0. The molecule has 0 aromatic carbocycles. The maximum Gasteiger partial charge on any atom is 0.155 e. The van der Waals surface area contributed by atoms with Crippen molar-refractivity contribution in [2.45, 2.75) is 94.5 Å². The highest BCUT2D eigenvalue weighted by atomic mass is 16.6. The zero-order valence-corrected chi connectivity index (χ0v) is 17.7. The molecule has 0 saturated heterocycles. The Balaban J connectivity index is 4.96. The zero-order valence-electron chi connectivity index (χ0n) is 17.7. The van der Waals surface area contributed by atoms with Crippen molar-refractivity contribution in [1.82, 2.24) is 0 Å². The molecule has 0 aliphatic carbocycles. The molecule has 0 aliphatic heterocycles. The van der Waals surface area contributed by atoms with E-state index in [2.05, 4.69) is 0 Å². The summed E-state index contributed by atoms with van der Waals surface area (Å²) in [5.74, 6) is 0. The third kappa shape index (κ3) is 12.3. The molecule has 0 spiro atoms. The van der Waals surface area contributed by atoms with Crippen molar-refractivity contribution in [3.05, 3.63) is 0 Å². The van der Waals surface area contributed by atoms with Crippen LogP contribution in [-0.2, 0) is 4.74 Å². The normalized spacial score (nSPS) is 13.8. The Morgan fingerprint density at radius 1 is 0.679 bits per heavy atom. The van der Waals surface area contributed by atoms with E-state index in [1.165, 1.54) is 0 Å². The lowest BCUT2D eigenvalue weighted by Gasteiger charge is -2.37. The molecule has 28 heavy (non-hydrogen) atoms. The van der Waals surface area contributed by atoms with Gasteiger partial charge in [-0.25, -0.2) is 0 Å². The van der Waals surface area contributed by atoms with Gasteiger partial charge >= 0.3 is 0 Å². The van der Waals surface area contributed by atoms with Gasteiger partial charge < -0.3 is 43.0 Å². The number of nitrogens with two attached hydrogens (primary N) is 4. The van der Waals surface area contributed by atoms with Crippen molar-refractivity contribution in [2.24, 2.45) is 22.9 Å². The largest absolute Gasteiger partial charge is 0.396 e. The van der Waals surface area contributed by atoms with E-state index in [1.807, 2.05) is 0 Å². The fourth-order valence-corrected chi connectivity index (χ4v) is 3.78. The Labute approximate surface area is 171 Å². The number of aliphatic hydroxyl groups is 3. The third-order valence-corrected chi connectivity index (χ3v) is 5.40.